The average Bonchev–Trinajstić information content (AvgIpc) is 2.81. The normalized spacial score (nSPS) is 10.4. The van der Waals surface area contributed by atoms with E-state index in [2.05, 4.69) is 4.98 Å². The van der Waals surface area contributed by atoms with Crippen molar-refractivity contribution in [3.8, 4) is 17.0 Å². The number of thiazole rings is 1. The zero-order valence-corrected chi connectivity index (χ0v) is 11.6. The molecule has 5 heteroatoms. The van der Waals surface area contributed by atoms with Gasteiger partial charge in [-0.15, -0.1) is 11.3 Å². The van der Waals surface area contributed by atoms with Crippen LogP contribution in [0.15, 0.2) is 17.5 Å². The number of carbonyl (C=O) groups excluding carboxylic acids is 1. The molecule has 0 fully saturated rings. The number of nitrogens with zero attached hydrogens (tertiary/aromatic N) is 1. The Morgan fingerprint density at radius 3 is 2.89 bits per heavy atom. The Labute approximate surface area is 114 Å². The van der Waals surface area contributed by atoms with Crippen molar-refractivity contribution in [3.05, 3.63) is 33.1 Å². The van der Waals surface area contributed by atoms with Gasteiger partial charge in [0.2, 0.25) is 0 Å². The number of aryl methyl sites for hydroxylation is 1. The average molecular weight is 282 g/mol. The summed E-state index contributed by atoms with van der Waals surface area (Å²) < 4.78 is 5.64. The fourth-order valence-corrected chi connectivity index (χ4v) is 2.61. The molecule has 0 bridgehead atoms. The summed E-state index contributed by atoms with van der Waals surface area (Å²) in [5, 5.41) is 2.91. The molecule has 1 aromatic carbocycles. The molecule has 0 atom stereocenters. The predicted molar refractivity (Wildman–Crippen MR) is 73.9 cm³/mol. The standard InChI is InChI=1S/C13H12ClNO2S/c1-3-17-13-8(2)4-9(14)5-10(13)11-7-18-12(6-16)15-11/h4-7H,3H2,1-2H3. The van der Waals surface area contributed by atoms with E-state index < -0.39 is 0 Å². The van der Waals surface area contributed by atoms with Crippen LogP contribution in [0.2, 0.25) is 5.02 Å². The van der Waals surface area contributed by atoms with Gasteiger partial charge >= 0.3 is 0 Å². The molecule has 0 saturated heterocycles. The monoisotopic (exact) mass is 281 g/mol. The van der Waals surface area contributed by atoms with Gasteiger partial charge in [-0.05, 0) is 31.5 Å². The summed E-state index contributed by atoms with van der Waals surface area (Å²) in [5.41, 5.74) is 2.50. The van der Waals surface area contributed by atoms with Crippen LogP contribution in [0.5, 0.6) is 5.75 Å². The van der Waals surface area contributed by atoms with Crippen LogP contribution in [0.25, 0.3) is 11.3 Å². The Morgan fingerprint density at radius 1 is 1.50 bits per heavy atom. The molecule has 0 aliphatic heterocycles. The van der Waals surface area contributed by atoms with Crippen molar-refractivity contribution in [2.75, 3.05) is 6.61 Å². The van der Waals surface area contributed by atoms with Crippen molar-refractivity contribution in [1.82, 2.24) is 4.98 Å². The van der Waals surface area contributed by atoms with Crippen molar-refractivity contribution in [3.63, 3.8) is 0 Å². The summed E-state index contributed by atoms with van der Waals surface area (Å²) in [4.78, 5) is 14.9. The Balaban J connectivity index is 2.57. The van der Waals surface area contributed by atoms with E-state index >= 15 is 0 Å². The molecular formula is C13H12ClNO2S. The number of halogens is 1. The van der Waals surface area contributed by atoms with E-state index in [0.29, 0.717) is 16.6 Å². The molecule has 2 rings (SSSR count). The maximum absolute atomic E-state index is 10.7. The lowest BCUT2D eigenvalue weighted by Crippen LogP contribution is -1.97. The van der Waals surface area contributed by atoms with Crippen LogP contribution in [-0.2, 0) is 0 Å². The zero-order valence-electron chi connectivity index (χ0n) is 10.1. The quantitative estimate of drug-likeness (QED) is 0.796. The summed E-state index contributed by atoms with van der Waals surface area (Å²) in [6.07, 6.45) is 0.742. The number of hydrogen-bond donors (Lipinski definition) is 0. The maximum atomic E-state index is 10.7. The highest BCUT2D eigenvalue weighted by atomic mass is 35.5. The topological polar surface area (TPSA) is 39.2 Å². The van der Waals surface area contributed by atoms with Crippen LogP contribution in [0.1, 0.15) is 22.3 Å². The lowest BCUT2D eigenvalue weighted by Gasteiger charge is -2.12. The minimum Gasteiger partial charge on any atom is -0.493 e. The van der Waals surface area contributed by atoms with Gasteiger partial charge in [0.1, 0.15) is 5.75 Å². The molecule has 1 aromatic heterocycles. The Bertz CT molecular complexity index is 580. The number of ether oxygens (including phenoxy) is 1. The van der Waals surface area contributed by atoms with Gasteiger partial charge in [0.15, 0.2) is 11.3 Å². The third-order valence-electron chi connectivity index (χ3n) is 2.43. The van der Waals surface area contributed by atoms with Gasteiger partial charge in [-0.1, -0.05) is 11.6 Å². The Hall–Kier alpha value is -1.39. The number of hydrogen-bond acceptors (Lipinski definition) is 4. The van der Waals surface area contributed by atoms with Gasteiger partial charge in [0, 0.05) is 16.0 Å². The minimum absolute atomic E-state index is 0.449. The maximum Gasteiger partial charge on any atom is 0.178 e. The van der Waals surface area contributed by atoms with Crippen LogP contribution in [0.3, 0.4) is 0 Å². The first-order valence-corrected chi connectivity index (χ1v) is 6.75. The van der Waals surface area contributed by atoms with Crippen LogP contribution in [0, 0.1) is 6.92 Å². The first kappa shape index (κ1) is 13.1. The molecule has 0 spiro atoms. The van der Waals surface area contributed by atoms with E-state index in [1.807, 2.05) is 31.4 Å². The molecular weight excluding hydrogens is 270 g/mol. The number of carbonyl (C=O) groups is 1. The van der Waals surface area contributed by atoms with Crippen molar-refractivity contribution >= 4 is 29.2 Å². The van der Waals surface area contributed by atoms with Gasteiger partial charge in [0.05, 0.1) is 12.3 Å². The van der Waals surface area contributed by atoms with Gasteiger partial charge in [-0.25, -0.2) is 4.98 Å². The molecule has 0 radical (unpaired) electrons. The van der Waals surface area contributed by atoms with Crippen LogP contribution < -0.4 is 4.74 Å². The van der Waals surface area contributed by atoms with E-state index in [-0.39, 0.29) is 0 Å². The molecule has 94 valence electrons. The summed E-state index contributed by atoms with van der Waals surface area (Å²) in [5.74, 6) is 0.768. The summed E-state index contributed by atoms with van der Waals surface area (Å²) >= 11 is 7.37. The van der Waals surface area contributed by atoms with E-state index in [0.717, 1.165) is 28.9 Å². The summed E-state index contributed by atoms with van der Waals surface area (Å²) in [6.45, 7) is 4.43. The van der Waals surface area contributed by atoms with Crippen molar-refractivity contribution < 1.29 is 9.53 Å². The number of aromatic nitrogens is 1. The van der Waals surface area contributed by atoms with Gasteiger partial charge in [-0.2, -0.15) is 0 Å². The highest BCUT2D eigenvalue weighted by Gasteiger charge is 2.13. The molecule has 0 unspecified atom stereocenters. The molecule has 3 nitrogen and oxygen atoms in total. The third-order valence-corrected chi connectivity index (χ3v) is 3.42. The van der Waals surface area contributed by atoms with Gasteiger partial charge in [-0.3, -0.25) is 4.79 Å². The number of aldehydes is 1. The molecule has 0 saturated carbocycles. The predicted octanol–water partition coefficient (Wildman–Crippen LogP) is 3.98. The molecule has 0 aliphatic carbocycles. The SMILES string of the molecule is CCOc1c(C)cc(Cl)cc1-c1csc(C=O)n1. The summed E-state index contributed by atoms with van der Waals surface area (Å²) in [7, 11) is 0. The number of benzene rings is 1. The minimum atomic E-state index is 0.449. The lowest BCUT2D eigenvalue weighted by molar-refractivity contribution is 0.112. The number of rotatable bonds is 4. The van der Waals surface area contributed by atoms with Crippen LogP contribution >= 0.6 is 22.9 Å². The molecule has 0 N–H and O–H groups in total. The zero-order chi connectivity index (χ0) is 13.1. The second-order valence-corrected chi connectivity index (χ2v) is 5.05. The molecule has 1 heterocycles. The molecule has 18 heavy (non-hydrogen) atoms. The smallest absolute Gasteiger partial charge is 0.178 e. The summed E-state index contributed by atoms with van der Waals surface area (Å²) in [6, 6.07) is 3.66. The highest BCUT2D eigenvalue weighted by molar-refractivity contribution is 7.11. The fourth-order valence-electron chi connectivity index (χ4n) is 1.72. The van der Waals surface area contributed by atoms with E-state index in [1.165, 1.54) is 11.3 Å². The van der Waals surface area contributed by atoms with Crippen molar-refractivity contribution in [1.29, 1.82) is 0 Å². The van der Waals surface area contributed by atoms with Gasteiger partial charge < -0.3 is 4.74 Å². The van der Waals surface area contributed by atoms with E-state index in [1.54, 1.807) is 0 Å². The van der Waals surface area contributed by atoms with Gasteiger partial charge in [0.25, 0.3) is 0 Å². The first-order chi connectivity index (χ1) is 8.65. The van der Waals surface area contributed by atoms with Crippen molar-refractivity contribution in [2.45, 2.75) is 13.8 Å². The lowest BCUT2D eigenvalue weighted by atomic mass is 10.1. The second-order valence-electron chi connectivity index (χ2n) is 3.72. The van der Waals surface area contributed by atoms with Crippen LogP contribution in [-0.4, -0.2) is 17.9 Å². The largest absolute Gasteiger partial charge is 0.493 e. The first-order valence-electron chi connectivity index (χ1n) is 5.49. The highest BCUT2D eigenvalue weighted by Crippen LogP contribution is 2.36. The van der Waals surface area contributed by atoms with Crippen molar-refractivity contribution in [2.24, 2.45) is 0 Å². The Morgan fingerprint density at radius 2 is 2.28 bits per heavy atom. The van der Waals surface area contributed by atoms with Crippen LogP contribution in [0.4, 0.5) is 0 Å². The van der Waals surface area contributed by atoms with E-state index in [4.69, 9.17) is 16.3 Å². The van der Waals surface area contributed by atoms with E-state index in [9.17, 15) is 4.79 Å². The Kier molecular flexibility index (Phi) is 3.99. The molecule has 2 aromatic rings. The second kappa shape index (κ2) is 5.50. The fraction of sp³-hybridized carbons (Fsp3) is 0.231. The third kappa shape index (κ3) is 2.54. The molecule has 0 aliphatic rings. The molecule has 0 amide bonds.